The molecule has 2 aromatic rings. The molecule has 0 spiro atoms. The summed E-state index contributed by atoms with van der Waals surface area (Å²) in [5, 5.41) is 13.5. The van der Waals surface area contributed by atoms with Gasteiger partial charge >= 0.3 is 0 Å². The first-order valence-corrected chi connectivity index (χ1v) is 6.61. The predicted molar refractivity (Wildman–Crippen MR) is 71.5 cm³/mol. The second-order valence-corrected chi connectivity index (χ2v) is 5.23. The molecule has 17 heavy (non-hydrogen) atoms. The third-order valence-corrected chi connectivity index (χ3v) is 4.10. The van der Waals surface area contributed by atoms with Crippen molar-refractivity contribution in [1.29, 1.82) is 0 Å². The molecular formula is C12H18N4S. The average molecular weight is 250 g/mol. The summed E-state index contributed by atoms with van der Waals surface area (Å²) in [7, 11) is 2.09. The number of anilines is 1. The van der Waals surface area contributed by atoms with Crippen LogP contribution in [0.4, 0.5) is 5.13 Å². The van der Waals surface area contributed by atoms with Gasteiger partial charge in [-0.2, -0.15) is 0 Å². The van der Waals surface area contributed by atoms with Crippen molar-refractivity contribution in [2.75, 3.05) is 5.32 Å². The topological polar surface area (TPSA) is 42.7 Å². The second-order valence-electron chi connectivity index (χ2n) is 4.16. The Bertz CT molecular complexity index is 513. The summed E-state index contributed by atoms with van der Waals surface area (Å²) in [6.45, 7) is 7.17. The lowest BCUT2D eigenvalue weighted by atomic mass is 10.2. The van der Waals surface area contributed by atoms with Crippen molar-refractivity contribution < 1.29 is 0 Å². The van der Waals surface area contributed by atoms with Gasteiger partial charge in [0.2, 0.25) is 5.13 Å². The van der Waals surface area contributed by atoms with Crippen LogP contribution in [0.25, 0.3) is 0 Å². The zero-order valence-electron chi connectivity index (χ0n) is 10.7. The van der Waals surface area contributed by atoms with Crippen LogP contribution in [0.2, 0.25) is 0 Å². The first-order chi connectivity index (χ1) is 8.11. The fraction of sp³-hybridized carbons (Fsp3) is 0.500. The molecule has 0 bridgehead atoms. The summed E-state index contributed by atoms with van der Waals surface area (Å²) < 4.78 is 2.20. The van der Waals surface area contributed by atoms with E-state index in [0.717, 1.165) is 23.1 Å². The Morgan fingerprint density at radius 2 is 2.12 bits per heavy atom. The van der Waals surface area contributed by atoms with Crippen molar-refractivity contribution in [2.24, 2.45) is 7.05 Å². The van der Waals surface area contributed by atoms with E-state index >= 15 is 0 Å². The fourth-order valence-electron chi connectivity index (χ4n) is 1.75. The van der Waals surface area contributed by atoms with Gasteiger partial charge in [-0.25, -0.2) is 0 Å². The second kappa shape index (κ2) is 4.87. The van der Waals surface area contributed by atoms with E-state index in [1.165, 1.54) is 17.0 Å². The van der Waals surface area contributed by atoms with E-state index in [1.54, 1.807) is 11.3 Å². The molecule has 1 N–H and O–H groups in total. The third-order valence-electron chi connectivity index (χ3n) is 3.08. The number of aryl methyl sites for hydroxylation is 2. The van der Waals surface area contributed by atoms with Crippen molar-refractivity contribution in [3.8, 4) is 0 Å². The summed E-state index contributed by atoms with van der Waals surface area (Å²) in [5.41, 5.74) is 3.90. The van der Waals surface area contributed by atoms with Crippen molar-refractivity contribution in [3.05, 3.63) is 28.0 Å². The maximum atomic E-state index is 4.11. The average Bonchev–Trinajstić information content (AvgIpc) is 2.88. The van der Waals surface area contributed by atoms with Crippen molar-refractivity contribution in [3.63, 3.8) is 0 Å². The van der Waals surface area contributed by atoms with Crippen LogP contribution >= 0.6 is 11.3 Å². The van der Waals surface area contributed by atoms with Gasteiger partial charge in [-0.1, -0.05) is 18.3 Å². The quantitative estimate of drug-likeness (QED) is 0.907. The molecule has 0 unspecified atom stereocenters. The van der Waals surface area contributed by atoms with Crippen molar-refractivity contribution in [1.82, 2.24) is 14.8 Å². The molecule has 0 aliphatic rings. The largest absolute Gasteiger partial charge is 0.356 e. The van der Waals surface area contributed by atoms with Gasteiger partial charge in [-0.05, 0) is 31.9 Å². The predicted octanol–water partition coefficient (Wildman–Crippen LogP) is 2.67. The van der Waals surface area contributed by atoms with Crippen molar-refractivity contribution >= 4 is 16.5 Å². The number of aromatic nitrogens is 3. The number of hydrogen-bond donors (Lipinski definition) is 1. The van der Waals surface area contributed by atoms with E-state index in [1.807, 2.05) is 0 Å². The van der Waals surface area contributed by atoms with Gasteiger partial charge in [0.25, 0.3) is 0 Å². The van der Waals surface area contributed by atoms with Crippen LogP contribution in [0.15, 0.2) is 6.07 Å². The van der Waals surface area contributed by atoms with E-state index in [9.17, 15) is 0 Å². The minimum Gasteiger partial charge on any atom is -0.356 e. The first kappa shape index (κ1) is 12.1. The number of hydrogen-bond acceptors (Lipinski definition) is 4. The van der Waals surface area contributed by atoms with Crippen LogP contribution in [0.5, 0.6) is 0 Å². The summed E-state index contributed by atoms with van der Waals surface area (Å²) in [5.74, 6) is 0. The van der Waals surface area contributed by atoms with Gasteiger partial charge in [-0.15, -0.1) is 10.2 Å². The highest BCUT2D eigenvalue weighted by atomic mass is 32.1. The zero-order valence-corrected chi connectivity index (χ0v) is 11.6. The summed E-state index contributed by atoms with van der Waals surface area (Å²) >= 11 is 1.63. The Balaban J connectivity index is 2.04. The standard InChI is InChI=1S/C12H18N4S/c1-5-11-14-15-12(17-11)13-7-10-6-8(2)16(4)9(10)3/h6H,5,7H2,1-4H3,(H,13,15). The monoisotopic (exact) mass is 250 g/mol. The van der Waals surface area contributed by atoms with E-state index in [-0.39, 0.29) is 0 Å². The lowest BCUT2D eigenvalue weighted by Crippen LogP contribution is -2.01. The van der Waals surface area contributed by atoms with Crippen molar-refractivity contribution in [2.45, 2.75) is 33.7 Å². The summed E-state index contributed by atoms with van der Waals surface area (Å²) in [6.07, 6.45) is 0.947. The molecule has 0 aliphatic heterocycles. The summed E-state index contributed by atoms with van der Waals surface area (Å²) in [4.78, 5) is 0. The fourth-order valence-corrected chi connectivity index (χ4v) is 2.43. The highest BCUT2D eigenvalue weighted by Crippen LogP contribution is 2.18. The Kier molecular flexibility index (Phi) is 3.47. The maximum Gasteiger partial charge on any atom is 0.205 e. The molecule has 2 rings (SSSR count). The minimum atomic E-state index is 0.811. The van der Waals surface area contributed by atoms with Crippen LogP contribution in [-0.4, -0.2) is 14.8 Å². The normalized spacial score (nSPS) is 10.8. The van der Waals surface area contributed by atoms with Gasteiger partial charge < -0.3 is 9.88 Å². The molecule has 2 heterocycles. The SMILES string of the molecule is CCc1nnc(NCc2cc(C)n(C)c2C)s1. The Morgan fingerprint density at radius 1 is 1.35 bits per heavy atom. The van der Waals surface area contributed by atoms with Crippen LogP contribution < -0.4 is 5.32 Å². The summed E-state index contributed by atoms with van der Waals surface area (Å²) in [6, 6.07) is 2.21. The number of nitrogens with one attached hydrogen (secondary N) is 1. The van der Waals surface area contributed by atoms with E-state index in [0.29, 0.717) is 0 Å². The molecule has 0 aliphatic carbocycles. The third kappa shape index (κ3) is 2.49. The van der Waals surface area contributed by atoms with Crippen LogP contribution in [0.1, 0.15) is 28.9 Å². The molecule has 92 valence electrons. The molecular weight excluding hydrogens is 232 g/mol. The van der Waals surface area contributed by atoms with Crippen LogP contribution in [-0.2, 0) is 20.0 Å². The number of nitrogens with zero attached hydrogens (tertiary/aromatic N) is 3. The molecule has 0 radical (unpaired) electrons. The minimum absolute atomic E-state index is 0.811. The van der Waals surface area contributed by atoms with E-state index in [4.69, 9.17) is 0 Å². The molecule has 4 nitrogen and oxygen atoms in total. The highest BCUT2D eigenvalue weighted by molar-refractivity contribution is 7.15. The molecule has 0 atom stereocenters. The van der Waals surface area contributed by atoms with Gasteiger partial charge in [-0.3, -0.25) is 0 Å². The van der Waals surface area contributed by atoms with Gasteiger partial charge in [0.1, 0.15) is 5.01 Å². The molecule has 0 amide bonds. The van der Waals surface area contributed by atoms with Gasteiger partial charge in [0.15, 0.2) is 0 Å². The lowest BCUT2D eigenvalue weighted by Gasteiger charge is -2.03. The Labute approximate surface area is 106 Å². The zero-order chi connectivity index (χ0) is 12.4. The molecule has 0 aromatic carbocycles. The Morgan fingerprint density at radius 3 is 2.65 bits per heavy atom. The van der Waals surface area contributed by atoms with E-state index in [2.05, 4.69) is 54.0 Å². The highest BCUT2D eigenvalue weighted by Gasteiger charge is 2.07. The molecule has 0 fully saturated rings. The first-order valence-electron chi connectivity index (χ1n) is 5.80. The molecule has 0 saturated carbocycles. The van der Waals surface area contributed by atoms with Crippen LogP contribution in [0.3, 0.4) is 0 Å². The van der Waals surface area contributed by atoms with Gasteiger partial charge in [0.05, 0.1) is 0 Å². The molecule has 0 saturated heterocycles. The smallest absolute Gasteiger partial charge is 0.205 e. The Hall–Kier alpha value is -1.36. The lowest BCUT2D eigenvalue weighted by molar-refractivity contribution is 0.836. The van der Waals surface area contributed by atoms with Gasteiger partial charge in [0, 0.05) is 25.0 Å². The molecule has 2 aromatic heterocycles. The molecule has 5 heteroatoms. The van der Waals surface area contributed by atoms with Crippen LogP contribution in [0, 0.1) is 13.8 Å². The maximum absolute atomic E-state index is 4.11. The number of rotatable bonds is 4. The van der Waals surface area contributed by atoms with E-state index < -0.39 is 0 Å².